The molecule has 2 N–H and O–H groups in total. The summed E-state index contributed by atoms with van der Waals surface area (Å²) in [6, 6.07) is 3.83. The summed E-state index contributed by atoms with van der Waals surface area (Å²) in [7, 11) is 0. The molecular weight excluding hydrogens is 275 g/mol. The van der Waals surface area contributed by atoms with Crippen LogP contribution in [-0.2, 0) is 0 Å². The zero-order valence-corrected chi connectivity index (χ0v) is 8.89. The van der Waals surface area contributed by atoms with Crippen molar-refractivity contribution in [2.75, 3.05) is 0 Å². The highest BCUT2D eigenvalue weighted by atomic mass is 79.9. The van der Waals surface area contributed by atoms with Gasteiger partial charge in [-0.05, 0) is 17.7 Å². The van der Waals surface area contributed by atoms with Crippen LogP contribution in [0.5, 0.6) is 0 Å². The monoisotopic (exact) mass is 280 g/mol. The Hall–Kier alpha value is -1.04. The van der Waals surface area contributed by atoms with Gasteiger partial charge in [-0.2, -0.15) is 13.2 Å². The third-order valence-electron chi connectivity index (χ3n) is 1.60. The summed E-state index contributed by atoms with van der Waals surface area (Å²) < 4.78 is 36.7. The summed E-state index contributed by atoms with van der Waals surface area (Å²) >= 11 is 3.04. The molecule has 0 bridgehead atoms. The molecule has 1 aromatic rings. The zero-order chi connectivity index (χ0) is 11.6. The normalized spacial score (nSPS) is 11.5. The van der Waals surface area contributed by atoms with Gasteiger partial charge in [0, 0.05) is 10.0 Å². The predicted molar refractivity (Wildman–Crippen MR) is 52.1 cm³/mol. The zero-order valence-electron chi connectivity index (χ0n) is 7.31. The molecule has 0 aromatic heterocycles. The minimum atomic E-state index is -4.47. The number of carbonyl (C=O) groups is 1. The number of rotatable bonds is 2. The molecular formula is C9H6BrF3NO. The molecule has 0 aliphatic carbocycles. The smallest absolute Gasteiger partial charge is 0.366 e. The van der Waals surface area contributed by atoms with Gasteiger partial charge in [-0.25, -0.2) is 0 Å². The van der Waals surface area contributed by atoms with Crippen LogP contribution in [0.1, 0.15) is 15.9 Å². The van der Waals surface area contributed by atoms with Crippen LogP contribution in [0.2, 0.25) is 0 Å². The first kappa shape index (κ1) is 12.0. The van der Waals surface area contributed by atoms with E-state index in [1.807, 2.05) is 0 Å². The topological polar surface area (TPSA) is 43.1 Å². The number of benzene rings is 1. The summed E-state index contributed by atoms with van der Waals surface area (Å²) in [5.74, 6) is -0.896. The van der Waals surface area contributed by atoms with Crippen LogP contribution in [0.3, 0.4) is 0 Å². The van der Waals surface area contributed by atoms with Gasteiger partial charge in [-0.1, -0.05) is 22.0 Å². The number of primary amides is 1. The van der Waals surface area contributed by atoms with Crippen molar-refractivity contribution in [3.63, 3.8) is 0 Å². The molecule has 0 aliphatic heterocycles. The van der Waals surface area contributed by atoms with E-state index in [1.165, 1.54) is 18.2 Å². The molecule has 0 spiro atoms. The van der Waals surface area contributed by atoms with Gasteiger partial charge in [-0.15, -0.1) is 0 Å². The van der Waals surface area contributed by atoms with Crippen LogP contribution in [0.25, 0.3) is 0 Å². The van der Waals surface area contributed by atoms with Gasteiger partial charge in [0.15, 0.2) is 0 Å². The first-order valence-electron chi connectivity index (χ1n) is 3.81. The van der Waals surface area contributed by atoms with Crippen LogP contribution in [0, 0.1) is 6.42 Å². The Bertz CT molecular complexity index is 389. The van der Waals surface area contributed by atoms with E-state index in [1.54, 1.807) is 0 Å². The molecule has 1 radical (unpaired) electrons. The molecule has 0 heterocycles. The predicted octanol–water partition coefficient (Wildman–Crippen LogP) is 2.66. The van der Waals surface area contributed by atoms with Crippen molar-refractivity contribution >= 4 is 21.8 Å². The summed E-state index contributed by atoms with van der Waals surface area (Å²) in [6.45, 7) is 0. The fourth-order valence-electron chi connectivity index (χ4n) is 1.04. The number of hydrogen-bond donors (Lipinski definition) is 1. The maximum Gasteiger partial charge on any atom is 0.396 e. The van der Waals surface area contributed by atoms with Crippen molar-refractivity contribution in [3.8, 4) is 0 Å². The number of carbonyl (C=O) groups excluding carboxylic acids is 1. The minimum Gasteiger partial charge on any atom is -0.366 e. The Morgan fingerprint density at radius 3 is 2.47 bits per heavy atom. The lowest BCUT2D eigenvalue weighted by molar-refractivity contribution is -0.0928. The Kier molecular flexibility index (Phi) is 3.38. The van der Waals surface area contributed by atoms with Crippen LogP contribution >= 0.6 is 15.9 Å². The van der Waals surface area contributed by atoms with Crippen molar-refractivity contribution in [1.82, 2.24) is 0 Å². The molecule has 6 heteroatoms. The molecule has 1 aromatic carbocycles. The quantitative estimate of drug-likeness (QED) is 0.889. The van der Waals surface area contributed by atoms with Gasteiger partial charge >= 0.3 is 6.18 Å². The van der Waals surface area contributed by atoms with Gasteiger partial charge in [-0.3, -0.25) is 4.79 Å². The average Bonchev–Trinajstić information content (AvgIpc) is 2.05. The first-order chi connectivity index (χ1) is 6.79. The number of halogens is 4. The van der Waals surface area contributed by atoms with E-state index < -0.39 is 12.1 Å². The summed E-state index contributed by atoms with van der Waals surface area (Å²) in [4.78, 5) is 10.9. The van der Waals surface area contributed by atoms with E-state index in [4.69, 9.17) is 5.73 Å². The van der Waals surface area contributed by atoms with Crippen molar-refractivity contribution in [2.45, 2.75) is 6.18 Å². The Balaban J connectivity index is 3.12. The van der Waals surface area contributed by atoms with Gasteiger partial charge in [0.1, 0.15) is 0 Å². The summed E-state index contributed by atoms with van der Waals surface area (Å²) in [5, 5.41) is 0. The molecule has 15 heavy (non-hydrogen) atoms. The average molecular weight is 281 g/mol. The molecule has 2 nitrogen and oxygen atoms in total. The third-order valence-corrected chi connectivity index (χ3v) is 2.09. The molecule has 81 valence electrons. The molecule has 0 fully saturated rings. The molecule has 1 rings (SSSR count). The maximum absolute atomic E-state index is 12.1. The number of hydrogen-bond acceptors (Lipinski definition) is 1. The van der Waals surface area contributed by atoms with Crippen LogP contribution in [0.15, 0.2) is 22.7 Å². The van der Waals surface area contributed by atoms with Gasteiger partial charge in [0.05, 0.1) is 6.42 Å². The highest BCUT2D eigenvalue weighted by Crippen LogP contribution is 2.27. The fraction of sp³-hybridized carbons (Fsp3) is 0.111. The fourth-order valence-corrected chi connectivity index (χ4v) is 1.41. The van der Waals surface area contributed by atoms with Crippen molar-refractivity contribution in [1.29, 1.82) is 0 Å². The lowest BCUT2D eigenvalue weighted by Gasteiger charge is -2.09. The molecule has 0 unspecified atom stereocenters. The second-order valence-corrected chi connectivity index (χ2v) is 3.70. The van der Waals surface area contributed by atoms with E-state index in [9.17, 15) is 18.0 Å². The lowest BCUT2D eigenvalue weighted by atomic mass is 10.0. The molecule has 0 saturated heterocycles. The van der Waals surface area contributed by atoms with Gasteiger partial charge in [0.2, 0.25) is 5.91 Å². The standard InChI is InChI=1S/C9H6BrF3NO/c10-6-2-1-5(4-9(11,12)13)7(3-6)8(14)15/h1-4H,(H2,14,15). The van der Waals surface area contributed by atoms with E-state index in [0.717, 1.165) is 0 Å². The van der Waals surface area contributed by atoms with Crippen molar-refractivity contribution < 1.29 is 18.0 Å². The highest BCUT2D eigenvalue weighted by molar-refractivity contribution is 9.10. The first-order valence-corrected chi connectivity index (χ1v) is 4.61. The van der Waals surface area contributed by atoms with Gasteiger partial charge in [0.25, 0.3) is 0 Å². The highest BCUT2D eigenvalue weighted by Gasteiger charge is 2.30. The molecule has 0 aliphatic rings. The van der Waals surface area contributed by atoms with Gasteiger partial charge < -0.3 is 5.73 Å². The van der Waals surface area contributed by atoms with Crippen molar-refractivity contribution in [3.05, 3.63) is 40.2 Å². The van der Waals surface area contributed by atoms with Crippen molar-refractivity contribution in [2.24, 2.45) is 5.73 Å². The molecule has 0 atom stereocenters. The number of nitrogens with two attached hydrogens (primary N) is 1. The second kappa shape index (κ2) is 4.22. The molecule has 1 amide bonds. The maximum atomic E-state index is 12.1. The van der Waals surface area contributed by atoms with E-state index in [-0.39, 0.29) is 17.5 Å². The third kappa shape index (κ3) is 3.54. The summed E-state index contributed by atoms with van der Waals surface area (Å²) in [5.41, 5.74) is 4.55. The Morgan fingerprint density at radius 2 is 2.00 bits per heavy atom. The van der Waals surface area contributed by atoms with Crippen LogP contribution in [0.4, 0.5) is 13.2 Å². The SMILES string of the molecule is NC(=O)c1cc(Br)ccc1[CH]C(F)(F)F. The van der Waals surface area contributed by atoms with E-state index >= 15 is 0 Å². The van der Waals surface area contributed by atoms with E-state index in [0.29, 0.717) is 4.47 Å². The number of amides is 1. The van der Waals surface area contributed by atoms with Crippen LogP contribution in [-0.4, -0.2) is 12.1 Å². The Morgan fingerprint density at radius 1 is 1.40 bits per heavy atom. The largest absolute Gasteiger partial charge is 0.396 e. The van der Waals surface area contributed by atoms with Crippen LogP contribution < -0.4 is 5.73 Å². The summed E-state index contributed by atoms with van der Waals surface area (Å²) in [6.07, 6.45) is -4.43. The Labute approximate surface area is 92.4 Å². The second-order valence-electron chi connectivity index (χ2n) is 2.78. The van der Waals surface area contributed by atoms with E-state index in [2.05, 4.69) is 15.9 Å². The minimum absolute atomic E-state index is 0.0412. The number of alkyl halides is 3. The lowest BCUT2D eigenvalue weighted by Crippen LogP contribution is -2.17. The molecule has 0 saturated carbocycles.